The predicted molar refractivity (Wildman–Crippen MR) is 91.5 cm³/mol. The van der Waals surface area contributed by atoms with Crippen molar-refractivity contribution >= 4 is 27.7 Å². The Kier molecular flexibility index (Phi) is 4.70. The van der Waals surface area contributed by atoms with Gasteiger partial charge in [-0.1, -0.05) is 18.2 Å². The number of urea groups is 1. The molecule has 120 valence electrons. The molecule has 0 spiro atoms. The Morgan fingerprint density at radius 2 is 1.77 bits per heavy atom. The zero-order chi connectivity index (χ0) is 16.5. The largest absolute Gasteiger partial charge is 0.331 e. The fraction of sp³-hybridized carbons (Fsp3) is 0.500. The van der Waals surface area contributed by atoms with Crippen LogP contribution in [0, 0.1) is 0 Å². The molecule has 0 aliphatic carbocycles. The van der Waals surface area contributed by atoms with Gasteiger partial charge < -0.3 is 0 Å². The first-order valence-corrected chi connectivity index (χ1v) is 8.66. The van der Waals surface area contributed by atoms with Gasteiger partial charge >= 0.3 is 6.03 Å². The van der Waals surface area contributed by atoms with Gasteiger partial charge in [-0.05, 0) is 46.8 Å². The molecule has 1 saturated heterocycles. The monoisotopic (exact) mass is 321 g/mol. The second-order valence-corrected chi connectivity index (χ2v) is 7.86. The standard InChI is InChI=1S/C16H23N3O2S/c1-12(2)19-14(17-16(3,4)5)22(21)11-18(15(19)20)13-9-7-6-8-10-13/h6-10,12H,11H2,1-5H3. The second-order valence-electron chi connectivity index (χ2n) is 6.55. The molecule has 2 amide bonds. The highest BCUT2D eigenvalue weighted by molar-refractivity contribution is 8.00. The van der Waals surface area contributed by atoms with Crippen LogP contribution in [0.1, 0.15) is 34.6 Å². The summed E-state index contributed by atoms with van der Waals surface area (Å²) in [6, 6.07) is 9.03. The van der Waals surface area contributed by atoms with Gasteiger partial charge in [-0.2, -0.15) is 0 Å². The molecule has 1 aliphatic heterocycles. The SMILES string of the molecule is CC(C)N1C(=O)N(c2ccccc2)CS(=O)C1=NC(C)(C)C. The number of hydrogen-bond acceptors (Lipinski definition) is 3. The van der Waals surface area contributed by atoms with E-state index >= 15 is 0 Å². The Morgan fingerprint density at radius 3 is 2.27 bits per heavy atom. The van der Waals surface area contributed by atoms with Crippen LogP contribution in [0.5, 0.6) is 0 Å². The van der Waals surface area contributed by atoms with Crippen molar-refractivity contribution in [2.75, 3.05) is 10.8 Å². The van der Waals surface area contributed by atoms with Crippen molar-refractivity contribution in [2.45, 2.75) is 46.2 Å². The molecule has 0 aromatic heterocycles. The maximum atomic E-state index is 12.8. The summed E-state index contributed by atoms with van der Waals surface area (Å²) >= 11 is 0. The maximum absolute atomic E-state index is 12.8. The summed E-state index contributed by atoms with van der Waals surface area (Å²) in [5.41, 5.74) is 0.370. The van der Waals surface area contributed by atoms with Gasteiger partial charge in [0.05, 0.1) is 5.54 Å². The van der Waals surface area contributed by atoms with E-state index in [0.717, 1.165) is 5.69 Å². The number of carbonyl (C=O) groups is 1. The molecule has 1 aliphatic rings. The second kappa shape index (κ2) is 6.20. The van der Waals surface area contributed by atoms with Crippen LogP contribution in [0.3, 0.4) is 0 Å². The molecule has 6 heteroatoms. The molecular formula is C16H23N3O2S. The van der Waals surface area contributed by atoms with E-state index < -0.39 is 10.8 Å². The van der Waals surface area contributed by atoms with Crippen molar-refractivity contribution in [1.29, 1.82) is 0 Å². The smallest absolute Gasteiger partial charge is 0.281 e. The van der Waals surface area contributed by atoms with Crippen molar-refractivity contribution in [3.05, 3.63) is 30.3 Å². The van der Waals surface area contributed by atoms with Gasteiger partial charge in [-0.3, -0.25) is 14.8 Å². The van der Waals surface area contributed by atoms with Crippen molar-refractivity contribution in [3.8, 4) is 0 Å². The molecule has 22 heavy (non-hydrogen) atoms. The topological polar surface area (TPSA) is 53.0 Å². The van der Waals surface area contributed by atoms with Gasteiger partial charge in [0.1, 0.15) is 16.7 Å². The number of amides is 2. The van der Waals surface area contributed by atoms with E-state index in [4.69, 9.17) is 0 Å². The van der Waals surface area contributed by atoms with Gasteiger partial charge in [-0.25, -0.2) is 9.00 Å². The summed E-state index contributed by atoms with van der Waals surface area (Å²) < 4.78 is 12.7. The van der Waals surface area contributed by atoms with Gasteiger partial charge in [0.2, 0.25) is 5.17 Å². The van der Waals surface area contributed by atoms with Crippen molar-refractivity contribution in [2.24, 2.45) is 4.99 Å². The minimum Gasteiger partial charge on any atom is -0.281 e. The van der Waals surface area contributed by atoms with Gasteiger partial charge in [-0.15, -0.1) is 0 Å². The normalized spacial score (nSPS) is 21.8. The molecule has 0 bridgehead atoms. The summed E-state index contributed by atoms with van der Waals surface area (Å²) in [5, 5.41) is 0.375. The Morgan fingerprint density at radius 1 is 1.18 bits per heavy atom. The fourth-order valence-electron chi connectivity index (χ4n) is 2.18. The van der Waals surface area contributed by atoms with Crippen LogP contribution in [0.15, 0.2) is 35.3 Å². The molecule has 1 heterocycles. The number of aliphatic imine (C=N–C) groups is 1. The summed E-state index contributed by atoms with van der Waals surface area (Å²) in [6.45, 7) is 9.61. The number of benzene rings is 1. The zero-order valence-electron chi connectivity index (χ0n) is 13.7. The number of carbonyl (C=O) groups excluding carboxylic acids is 1. The molecule has 0 saturated carbocycles. The van der Waals surface area contributed by atoms with E-state index in [1.54, 1.807) is 4.90 Å². The highest BCUT2D eigenvalue weighted by Gasteiger charge is 2.38. The maximum Gasteiger partial charge on any atom is 0.331 e. The number of anilines is 1. The number of rotatable bonds is 2. The van der Waals surface area contributed by atoms with Crippen molar-refractivity contribution < 1.29 is 9.00 Å². The quantitative estimate of drug-likeness (QED) is 0.840. The van der Waals surface area contributed by atoms with Gasteiger partial charge in [0.15, 0.2) is 0 Å². The van der Waals surface area contributed by atoms with Crippen LogP contribution in [0.25, 0.3) is 0 Å². The highest BCUT2D eigenvalue weighted by atomic mass is 32.2. The molecule has 0 N–H and O–H groups in total. The summed E-state index contributed by atoms with van der Waals surface area (Å²) in [6.07, 6.45) is 0. The third-order valence-corrected chi connectivity index (χ3v) is 4.30. The van der Waals surface area contributed by atoms with E-state index in [-0.39, 0.29) is 23.5 Å². The molecule has 1 atom stereocenters. The van der Waals surface area contributed by atoms with Crippen LogP contribution < -0.4 is 4.90 Å². The fourth-order valence-corrected chi connectivity index (χ4v) is 3.67. The van der Waals surface area contributed by atoms with Crippen LogP contribution in [-0.4, -0.2) is 37.8 Å². The highest BCUT2D eigenvalue weighted by Crippen LogP contribution is 2.24. The lowest BCUT2D eigenvalue weighted by Gasteiger charge is -2.38. The minimum atomic E-state index is -1.35. The lowest BCUT2D eigenvalue weighted by atomic mass is 10.1. The molecule has 1 aromatic rings. The Balaban J connectivity index is 2.44. The number of para-hydroxylation sites is 1. The molecule has 1 fully saturated rings. The zero-order valence-corrected chi connectivity index (χ0v) is 14.6. The average molecular weight is 321 g/mol. The first-order chi connectivity index (χ1) is 10.2. The third kappa shape index (κ3) is 3.55. The van der Waals surface area contributed by atoms with E-state index in [1.807, 2.05) is 65.0 Å². The number of amidine groups is 1. The number of hydrogen-bond donors (Lipinski definition) is 0. The van der Waals surface area contributed by atoms with Crippen molar-refractivity contribution in [1.82, 2.24) is 4.90 Å². The van der Waals surface area contributed by atoms with E-state index in [9.17, 15) is 9.00 Å². The average Bonchev–Trinajstić information content (AvgIpc) is 2.41. The molecular weight excluding hydrogens is 298 g/mol. The van der Waals surface area contributed by atoms with Crippen molar-refractivity contribution in [3.63, 3.8) is 0 Å². The van der Waals surface area contributed by atoms with Crippen LogP contribution in [-0.2, 0) is 10.8 Å². The van der Waals surface area contributed by atoms with E-state index in [0.29, 0.717) is 5.17 Å². The first kappa shape index (κ1) is 16.7. The van der Waals surface area contributed by atoms with Crippen LogP contribution >= 0.6 is 0 Å². The first-order valence-electron chi connectivity index (χ1n) is 7.35. The molecule has 0 radical (unpaired) electrons. The lowest BCUT2D eigenvalue weighted by Crippen LogP contribution is -2.57. The van der Waals surface area contributed by atoms with Gasteiger partial charge in [0, 0.05) is 11.7 Å². The third-order valence-electron chi connectivity index (χ3n) is 3.11. The summed E-state index contributed by atoms with van der Waals surface area (Å²) in [4.78, 5) is 20.5. The van der Waals surface area contributed by atoms with Crippen LogP contribution in [0.4, 0.5) is 10.5 Å². The van der Waals surface area contributed by atoms with Crippen LogP contribution in [0.2, 0.25) is 0 Å². The summed E-state index contributed by atoms with van der Waals surface area (Å²) in [7, 11) is -1.35. The predicted octanol–water partition coefficient (Wildman–Crippen LogP) is 3.20. The summed E-state index contributed by atoms with van der Waals surface area (Å²) in [5.74, 6) is 0.140. The molecule has 1 aromatic carbocycles. The minimum absolute atomic E-state index is 0.107. The molecule has 2 rings (SSSR count). The molecule has 5 nitrogen and oxygen atoms in total. The van der Waals surface area contributed by atoms with E-state index in [1.165, 1.54) is 4.90 Å². The number of nitrogens with zero attached hydrogens (tertiary/aromatic N) is 3. The Labute approximate surface area is 134 Å². The Bertz CT molecular complexity index is 606. The van der Waals surface area contributed by atoms with Gasteiger partial charge in [0.25, 0.3) is 0 Å². The lowest BCUT2D eigenvalue weighted by molar-refractivity contribution is 0.220. The Hall–Kier alpha value is -1.69. The van der Waals surface area contributed by atoms with E-state index in [2.05, 4.69) is 4.99 Å². The molecule has 1 unspecified atom stereocenters.